The molecule has 2 aromatic carbocycles. The van der Waals surface area contributed by atoms with E-state index >= 15 is 0 Å². The Balaban J connectivity index is 1.92. The molecule has 5 heteroatoms. The molecule has 1 heterocycles. The maximum atomic E-state index is 11.2. The number of aromatic nitrogens is 2. The van der Waals surface area contributed by atoms with Crippen LogP contribution in [-0.2, 0) is 6.42 Å². The second kappa shape index (κ2) is 7.80. The Morgan fingerprint density at radius 2 is 1.88 bits per heavy atom. The number of hydrogen-bond acceptors (Lipinski definition) is 4. The lowest BCUT2D eigenvalue weighted by Gasteiger charge is -2.09. The first-order chi connectivity index (χ1) is 12.6. The van der Waals surface area contributed by atoms with Gasteiger partial charge in [-0.15, -0.1) is 0 Å². The van der Waals surface area contributed by atoms with E-state index in [1.807, 2.05) is 43.4 Å². The predicted octanol–water partition coefficient (Wildman–Crippen LogP) is 3.85. The Morgan fingerprint density at radius 3 is 2.54 bits per heavy atom. The van der Waals surface area contributed by atoms with Gasteiger partial charge in [0.15, 0.2) is 0 Å². The molecular formula is C21H21N3O2. The summed E-state index contributed by atoms with van der Waals surface area (Å²) in [4.78, 5) is 11.2. The van der Waals surface area contributed by atoms with Crippen LogP contribution in [0.15, 0.2) is 55.2 Å². The molecule has 0 amide bonds. The molecule has 26 heavy (non-hydrogen) atoms. The summed E-state index contributed by atoms with van der Waals surface area (Å²) >= 11 is 0. The predicted molar refractivity (Wildman–Crippen MR) is 104 cm³/mol. The third-order valence-electron chi connectivity index (χ3n) is 4.37. The first-order valence-electron chi connectivity index (χ1n) is 8.39. The normalized spacial score (nSPS) is 10.7. The average Bonchev–Trinajstić information content (AvgIpc) is 3.16. The number of aliphatic hydroxyl groups is 1. The quantitative estimate of drug-likeness (QED) is 0.448. The molecule has 0 aliphatic heterocycles. The number of carbonyl (C=O) groups excluding carboxylic acids is 1. The van der Waals surface area contributed by atoms with E-state index in [4.69, 9.17) is 0 Å². The highest BCUT2D eigenvalue weighted by Crippen LogP contribution is 2.29. The van der Waals surface area contributed by atoms with E-state index in [1.165, 1.54) is 0 Å². The molecule has 0 aliphatic carbocycles. The number of nitrogens with zero attached hydrogens (tertiary/aromatic N) is 1. The molecule has 0 unspecified atom stereocenters. The van der Waals surface area contributed by atoms with Crippen LogP contribution >= 0.6 is 0 Å². The number of benzene rings is 2. The smallest absolute Gasteiger partial charge is 0.150 e. The van der Waals surface area contributed by atoms with Gasteiger partial charge in [0, 0.05) is 11.1 Å². The summed E-state index contributed by atoms with van der Waals surface area (Å²) in [5.74, 6) is -0.0415. The molecule has 0 fully saturated rings. The van der Waals surface area contributed by atoms with Crippen molar-refractivity contribution < 1.29 is 9.90 Å². The van der Waals surface area contributed by atoms with Crippen molar-refractivity contribution in [2.24, 2.45) is 0 Å². The maximum absolute atomic E-state index is 11.2. The van der Waals surface area contributed by atoms with Gasteiger partial charge in [-0.1, -0.05) is 49.0 Å². The molecule has 5 nitrogen and oxygen atoms in total. The van der Waals surface area contributed by atoms with Crippen LogP contribution in [0.3, 0.4) is 0 Å². The molecule has 3 N–H and O–H groups in total. The van der Waals surface area contributed by atoms with Crippen molar-refractivity contribution >= 4 is 12.0 Å². The molecule has 0 aliphatic rings. The summed E-state index contributed by atoms with van der Waals surface area (Å²) in [6.07, 6.45) is 3.37. The van der Waals surface area contributed by atoms with E-state index in [2.05, 4.69) is 28.2 Å². The van der Waals surface area contributed by atoms with Crippen molar-refractivity contribution in [1.29, 1.82) is 0 Å². The molecule has 0 radical (unpaired) electrons. The number of hydrogen-bond donors (Lipinski definition) is 3. The van der Waals surface area contributed by atoms with E-state index in [-0.39, 0.29) is 5.76 Å². The van der Waals surface area contributed by atoms with Crippen molar-refractivity contribution in [3.63, 3.8) is 0 Å². The largest absolute Gasteiger partial charge is 0.506 e. The molecular weight excluding hydrogens is 326 g/mol. The van der Waals surface area contributed by atoms with Crippen LogP contribution in [0.5, 0.6) is 0 Å². The minimum Gasteiger partial charge on any atom is -0.506 e. The van der Waals surface area contributed by atoms with E-state index < -0.39 is 0 Å². The van der Waals surface area contributed by atoms with Gasteiger partial charge in [0.25, 0.3) is 0 Å². The maximum Gasteiger partial charge on any atom is 0.150 e. The van der Waals surface area contributed by atoms with Crippen molar-refractivity contribution in [3.8, 4) is 22.3 Å². The van der Waals surface area contributed by atoms with Crippen LogP contribution < -0.4 is 5.32 Å². The zero-order valence-corrected chi connectivity index (χ0v) is 14.6. The third-order valence-corrected chi connectivity index (χ3v) is 4.37. The second-order valence-corrected chi connectivity index (χ2v) is 6.07. The van der Waals surface area contributed by atoms with Gasteiger partial charge in [0.1, 0.15) is 17.7 Å². The summed E-state index contributed by atoms with van der Waals surface area (Å²) in [6, 6.07) is 13.9. The number of aldehydes is 1. The molecule has 0 bridgehead atoms. The average molecular weight is 347 g/mol. The van der Waals surface area contributed by atoms with Gasteiger partial charge in [-0.2, -0.15) is 5.10 Å². The van der Waals surface area contributed by atoms with Gasteiger partial charge >= 0.3 is 0 Å². The number of carbonyl (C=O) groups is 1. The lowest BCUT2D eigenvalue weighted by Crippen LogP contribution is -2.11. The Bertz CT molecular complexity index is 927. The van der Waals surface area contributed by atoms with Crippen LogP contribution in [0.2, 0.25) is 0 Å². The fraction of sp³-hybridized carbons (Fsp3) is 0.143. The number of likely N-dealkylation sites (N-methyl/N-ethyl adjacent to an activating group) is 1. The van der Waals surface area contributed by atoms with Gasteiger partial charge < -0.3 is 10.4 Å². The first kappa shape index (κ1) is 17.6. The van der Waals surface area contributed by atoms with Gasteiger partial charge in [-0.05, 0) is 42.3 Å². The third kappa shape index (κ3) is 3.58. The Labute approximate surface area is 152 Å². The van der Waals surface area contributed by atoms with Gasteiger partial charge in [0.2, 0.25) is 0 Å². The topological polar surface area (TPSA) is 78.0 Å². The first-order valence-corrected chi connectivity index (χ1v) is 8.39. The SMILES string of the molecule is C=C(O)c1[nH]ncc1-c1ccc(-c2ccc(C=O)c(CCNC)c2)cc1. The van der Waals surface area contributed by atoms with E-state index in [9.17, 15) is 9.90 Å². The molecule has 1 aromatic heterocycles. The van der Waals surface area contributed by atoms with Crippen LogP contribution in [0.25, 0.3) is 28.0 Å². The summed E-state index contributed by atoms with van der Waals surface area (Å²) in [7, 11) is 1.90. The van der Waals surface area contributed by atoms with Crippen molar-refractivity contribution in [2.45, 2.75) is 6.42 Å². The van der Waals surface area contributed by atoms with Gasteiger partial charge in [-0.25, -0.2) is 0 Å². The van der Waals surface area contributed by atoms with Crippen LogP contribution in [0.4, 0.5) is 0 Å². The Kier molecular flexibility index (Phi) is 5.29. The monoisotopic (exact) mass is 347 g/mol. The molecule has 0 saturated carbocycles. The lowest BCUT2D eigenvalue weighted by molar-refractivity contribution is 0.112. The summed E-state index contributed by atoms with van der Waals surface area (Å²) < 4.78 is 0. The van der Waals surface area contributed by atoms with Gasteiger partial charge in [0.05, 0.1) is 6.20 Å². The lowest BCUT2D eigenvalue weighted by atomic mass is 9.96. The van der Waals surface area contributed by atoms with Crippen molar-refractivity contribution in [3.05, 3.63) is 72.1 Å². The second-order valence-electron chi connectivity index (χ2n) is 6.07. The van der Waals surface area contributed by atoms with Crippen molar-refractivity contribution in [1.82, 2.24) is 15.5 Å². The van der Waals surface area contributed by atoms with Crippen LogP contribution in [0, 0.1) is 0 Å². The van der Waals surface area contributed by atoms with Crippen molar-refractivity contribution in [2.75, 3.05) is 13.6 Å². The molecule has 3 aromatic rings. The fourth-order valence-corrected chi connectivity index (χ4v) is 2.94. The van der Waals surface area contributed by atoms with E-state index in [0.29, 0.717) is 5.69 Å². The zero-order chi connectivity index (χ0) is 18.5. The molecule has 0 atom stereocenters. The Morgan fingerprint density at radius 1 is 1.19 bits per heavy atom. The minimum absolute atomic E-state index is 0.0415. The minimum atomic E-state index is -0.0415. The van der Waals surface area contributed by atoms with E-state index in [1.54, 1.807) is 6.20 Å². The highest BCUT2D eigenvalue weighted by Gasteiger charge is 2.10. The molecule has 0 saturated heterocycles. The number of aromatic amines is 1. The summed E-state index contributed by atoms with van der Waals surface area (Å²) in [6.45, 7) is 4.37. The summed E-state index contributed by atoms with van der Waals surface area (Å²) in [5, 5.41) is 19.5. The van der Waals surface area contributed by atoms with Gasteiger partial charge in [-0.3, -0.25) is 9.89 Å². The highest BCUT2D eigenvalue weighted by molar-refractivity contribution is 5.81. The highest BCUT2D eigenvalue weighted by atomic mass is 16.3. The van der Waals surface area contributed by atoms with Crippen LogP contribution in [0.1, 0.15) is 21.6 Å². The standard InChI is InChI=1S/C21H21N3O2/c1-14(26)21-20(12-23-24-21)16-5-3-15(4-6-16)17-7-8-19(13-25)18(11-17)9-10-22-2/h3-8,11-13,22,26H,1,9-10H2,2H3,(H,23,24). The number of H-pyrrole nitrogens is 1. The molecule has 3 rings (SSSR count). The van der Waals surface area contributed by atoms with E-state index in [0.717, 1.165) is 52.6 Å². The number of nitrogens with one attached hydrogen (secondary N) is 2. The zero-order valence-electron chi connectivity index (χ0n) is 14.6. The number of aliphatic hydroxyl groups excluding tert-OH is 1. The Hall–Kier alpha value is -3.18. The molecule has 132 valence electrons. The molecule has 0 spiro atoms. The summed E-state index contributed by atoms with van der Waals surface area (Å²) in [5.41, 5.74) is 6.14. The van der Waals surface area contributed by atoms with Crippen LogP contribution in [-0.4, -0.2) is 35.2 Å². The fourth-order valence-electron chi connectivity index (χ4n) is 2.94. The number of rotatable bonds is 7.